The fourth-order valence-corrected chi connectivity index (χ4v) is 2.91. The van der Waals surface area contributed by atoms with Gasteiger partial charge in [-0.2, -0.15) is 0 Å². The first kappa shape index (κ1) is 16.2. The van der Waals surface area contributed by atoms with E-state index in [0.29, 0.717) is 17.7 Å². The number of nitrogens with one attached hydrogen (secondary N) is 1. The molecule has 1 aliphatic heterocycles. The molecular formula is C17H27FN2O. The van der Waals surface area contributed by atoms with Crippen molar-refractivity contribution in [1.82, 2.24) is 10.2 Å². The molecule has 2 rings (SSSR count). The van der Waals surface area contributed by atoms with Gasteiger partial charge in [0.05, 0.1) is 7.11 Å². The first-order valence-corrected chi connectivity index (χ1v) is 7.87. The molecule has 4 heteroatoms. The molecule has 21 heavy (non-hydrogen) atoms. The molecule has 1 aromatic carbocycles. The standard InChI is InChI=1S/C17H27FN2O/c1-13(2)20(12-15-5-4-8-19-10-15)11-14-6-7-17(21-3)16(18)9-14/h6-7,9,13,15,19H,4-5,8,10-12H2,1-3H3. The lowest BCUT2D eigenvalue weighted by Gasteiger charge is -2.32. The molecule has 0 bridgehead atoms. The Labute approximate surface area is 127 Å². The van der Waals surface area contributed by atoms with Gasteiger partial charge in [0.25, 0.3) is 0 Å². The van der Waals surface area contributed by atoms with Crippen LogP contribution in [0.5, 0.6) is 5.75 Å². The molecule has 1 saturated heterocycles. The average Bonchev–Trinajstić information content (AvgIpc) is 2.48. The van der Waals surface area contributed by atoms with Gasteiger partial charge < -0.3 is 10.1 Å². The summed E-state index contributed by atoms with van der Waals surface area (Å²) in [5, 5.41) is 3.46. The Balaban J connectivity index is 2.00. The summed E-state index contributed by atoms with van der Waals surface area (Å²) in [6.45, 7) is 8.50. The van der Waals surface area contributed by atoms with Crippen molar-refractivity contribution in [2.75, 3.05) is 26.7 Å². The SMILES string of the molecule is COc1ccc(CN(CC2CCCNC2)C(C)C)cc1F. The van der Waals surface area contributed by atoms with Crippen LogP contribution in [0.4, 0.5) is 4.39 Å². The van der Waals surface area contributed by atoms with Crippen LogP contribution in [0.3, 0.4) is 0 Å². The highest BCUT2D eigenvalue weighted by molar-refractivity contribution is 5.29. The summed E-state index contributed by atoms with van der Waals surface area (Å²) in [5.41, 5.74) is 1.01. The molecule has 3 nitrogen and oxygen atoms in total. The third-order valence-corrected chi connectivity index (χ3v) is 4.22. The molecule has 1 unspecified atom stereocenters. The summed E-state index contributed by atoms with van der Waals surface area (Å²) in [6, 6.07) is 5.71. The second-order valence-corrected chi connectivity index (χ2v) is 6.20. The van der Waals surface area contributed by atoms with E-state index in [9.17, 15) is 4.39 Å². The summed E-state index contributed by atoms with van der Waals surface area (Å²) in [6.07, 6.45) is 2.54. The molecular weight excluding hydrogens is 267 g/mol. The van der Waals surface area contributed by atoms with Crippen molar-refractivity contribution in [2.45, 2.75) is 39.3 Å². The predicted molar refractivity (Wildman–Crippen MR) is 84.1 cm³/mol. The van der Waals surface area contributed by atoms with Gasteiger partial charge in [0.1, 0.15) is 0 Å². The van der Waals surface area contributed by atoms with Gasteiger partial charge in [-0.05, 0) is 63.4 Å². The lowest BCUT2D eigenvalue weighted by atomic mass is 9.98. The number of hydrogen-bond donors (Lipinski definition) is 1. The van der Waals surface area contributed by atoms with E-state index < -0.39 is 0 Å². The summed E-state index contributed by atoms with van der Waals surface area (Å²) < 4.78 is 18.8. The number of nitrogens with zero attached hydrogens (tertiary/aromatic N) is 1. The number of hydrogen-bond acceptors (Lipinski definition) is 3. The lowest BCUT2D eigenvalue weighted by molar-refractivity contribution is 0.163. The molecule has 1 heterocycles. The van der Waals surface area contributed by atoms with E-state index in [2.05, 4.69) is 24.1 Å². The van der Waals surface area contributed by atoms with E-state index in [1.165, 1.54) is 20.0 Å². The first-order valence-electron chi connectivity index (χ1n) is 7.87. The number of rotatable bonds is 6. The second kappa shape index (κ2) is 7.76. The Morgan fingerprint density at radius 2 is 2.24 bits per heavy atom. The van der Waals surface area contributed by atoms with Gasteiger partial charge in [0.2, 0.25) is 0 Å². The highest BCUT2D eigenvalue weighted by Gasteiger charge is 2.19. The van der Waals surface area contributed by atoms with Crippen LogP contribution in [-0.4, -0.2) is 37.7 Å². The minimum atomic E-state index is -0.280. The third-order valence-electron chi connectivity index (χ3n) is 4.22. The highest BCUT2D eigenvalue weighted by Crippen LogP contribution is 2.21. The van der Waals surface area contributed by atoms with Gasteiger partial charge in [-0.3, -0.25) is 4.90 Å². The normalized spacial score (nSPS) is 19.2. The van der Waals surface area contributed by atoms with E-state index in [-0.39, 0.29) is 5.82 Å². The third kappa shape index (κ3) is 4.68. The number of piperidine rings is 1. The first-order chi connectivity index (χ1) is 10.1. The zero-order valence-electron chi connectivity index (χ0n) is 13.4. The molecule has 0 spiro atoms. The molecule has 0 aromatic heterocycles. The number of methoxy groups -OCH3 is 1. The Kier molecular flexibility index (Phi) is 6.00. The van der Waals surface area contributed by atoms with E-state index in [0.717, 1.165) is 31.7 Å². The van der Waals surface area contributed by atoms with Crippen LogP contribution in [0.25, 0.3) is 0 Å². The Bertz CT molecular complexity index is 444. The van der Waals surface area contributed by atoms with Crippen molar-refractivity contribution in [1.29, 1.82) is 0 Å². The van der Waals surface area contributed by atoms with E-state index >= 15 is 0 Å². The van der Waals surface area contributed by atoms with E-state index in [4.69, 9.17) is 4.74 Å². The Hall–Kier alpha value is -1.13. The fourth-order valence-electron chi connectivity index (χ4n) is 2.91. The number of halogens is 1. The van der Waals surface area contributed by atoms with Crippen LogP contribution in [-0.2, 0) is 6.54 Å². The largest absolute Gasteiger partial charge is 0.494 e. The van der Waals surface area contributed by atoms with Gasteiger partial charge in [-0.25, -0.2) is 4.39 Å². The number of ether oxygens (including phenoxy) is 1. The van der Waals surface area contributed by atoms with Crippen LogP contribution in [0.1, 0.15) is 32.3 Å². The van der Waals surface area contributed by atoms with Crippen molar-refractivity contribution in [3.8, 4) is 5.75 Å². The minimum absolute atomic E-state index is 0.280. The molecule has 118 valence electrons. The molecule has 0 aliphatic carbocycles. The smallest absolute Gasteiger partial charge is 0.165 e. The van der Waals surface area contributed by atoms with Crippen molar-refractivity contribution in [2.24, 2.45) is 5.92 Å². The van der Waals surface area contributed by atoms with Crippen LogP contribution >= 0.6 is 0 Å². The van der Waals surface area contributed by atoms with E-state index in [1.807, 2.05) is 6.07 Å². The molecule has 1 aliphatic rings. The predicted octanol–water partition coefficient (Wildman–Crippen LogP) is 3.04. The Morgan fingerprint density at radius 1 is 1.43 bits per heavy atom. The van der Waals surface area contributed by atoms with Crippen LogP contribution in [0, 0.1) is 11.7 Å². The van der Waals surface area contributed by atoms with E-state index in [1.54, 1.807) is 12.1 Å². The maximum Gasteiger partial charge on any atom is 0.165 e. The van der Waals surface area contributed by atoms with Gasteiger partial charge >= 0.3 is 0 Å². The molecule has 0 radical (unpaired) electrons. The van der Waals surface area contributed by atoms with Gasteiger partial charge in [-0.15, -0.1) is 0 Å². The van der Waals surface area contributed by atoms with Crippen molar-refractivity contribution < 1.29 is 9.13 Å². The summed E-state index contributed by atoms with van der Waals surface area (Å²) in [7, 11) is 1.49. The van der Waals surface area contributed by atoms with Gasteiger partial charge in [-0.1, -0.05) is 6.07 Å². The summed E-state index contributed by atoms with van der Waals surface area (Å²) in [5.74, 6) is 0.730. The molecule has 1 N–H and O–H groups in total. The second-order valence-electron chi connectivity index (χ2n) is 6.20. The molecule has 1 aromatic rings. The molecule has 1 fully saturated rings. The van der Waals surface area contributed by atoms with Gasteiger partial charge in [0, 0.05) is 19.1 Å². The van der Waals surface area contributed by atoms with Crippen LogP contribution < -0.4 is 10.1 Å². The minimum Gasteiger partial charge on any atom is -0.494 e. The van der Waals surface area contributed by atoms with Crippen LogP contribution in [0.2, 0.25) is 0 Å². The maximum absolute atomic E-state index is 13.8. The maximum atomic E-state index is 13.8. The van der Waals surface area contributed by atoms with Crippen molar-refractivity contribution >= 4 is 0 Å². The zero-order valence-corrected chi connectivity index (χ0v) is 13.4. The van der Waals surface area contributed by atoms with Gasteiger partial charge in [0.15, 0.2) is 11.6 Å². The Morgan fingerprint density at radius 3 is 2.81 bits per heavy atom. The van der Waals surface area contributed by atoms with Crippen LogP contribution in [0.15, 0.2) is 18.2 Å². The topological polar surface area (TPSA) is 24.5 Å². The molecule has 0 amide bonds. The van der Waals surface area contributed by atoms with Crippen molar-refractivity contribution in [3.63, 3.8) is 0 Å². The monoisotopic (exact) mass is 294 g/mol. The average molecular weight is 294 g/mol. The molecule has 0 saturated carbocycles. The quantitative estimate of drug-likeness (QED) is 0.873. The number of benzene rings is 1. The summed E-state index contributed by atoms with van der Waals surface area (Å²) >= 11 is 0. The lowest BCUT2D eigenvalue weighted by Crippen LogP contribution is -2.40. The fraction of sp³-hybridized carbons (Fsp3) is 0.647. The highest BCUT2D eigenvalue weighted by atomic mass is 19.1. The molecule has 1 atom stereocenters. The zero-order chi connectivity index (χ0) is 15.2. The summed E-state index contributed by atoms with van der Waals surface area (Å²) in [4.78, 5) is 2.43. The van der Waals surface area contributed by atoms with Crippen molar-refractivity contribution in [3.05, 3.63) is 29.6 Å².